The first-order valence-corrected chi connectivity index (χ1v) is 16.1. The molecule has 0 aliphatic rings. The van der Waals surface area contributed by atoms with Crippen LogP contribution in [0.1, 0.15) is 11.1 Å². The largest absolute Gasteiger partial charge is 0.309 e. The van der Waals surface area contributed by atoms with E-state index >= 15 is 0 Å². The molecule has 9 rings (SSSR count). The number of nitrogens with zero attached hydrogens (tertiary/aromatic N) is 3. The molecule has 0 aliphatic heterocycles. The van der Waals surface area contributed by atoms with Crippen LogP contribution in [0.5, 0.6) is 0 Å². The molecule has 0 radical (unpaired) electrons. The smallest absolute Gasteiger partial charge is 0.160 e. The van der Waals surface area contributed by atoms with E-state index in [9.17, 15) is 0 Å². The summed E-state index contributed by atoms with van der Waals surface area (Å²) >= 11 is 0. The third-order valence-electron chi connectivity index (χ3n) is 9.46. The highest BCUT2D eigenvalue weighted by molar-refractivity contribution is 6.12. The van der Waals surface area contributed by atoms with E-state index in [4.69, 9.17) is 9.97 Å². The first-order valence-electron chi connectivity index (χ1n) is 16.1. The lowest BCUT2D eigenvalue weighted by Crippen LogP contribution is -1.97. The SMILES string of the molecule is Cc1cc2c(cc1-c1c(C)ccc3ccccc13)c1ccccc1n2-c1ccc(-c2nc(-c3ccccc3)c3ccccc3n2)cc1. The Labute approximate surface area is 273 Å². The van der Waals surface area contributed by atoms with Crippen molar-refractivity contribution in [3.05, 3.63) is 163 Å². The van der Waals surface area contributed by atoms with Crippen LogP contribution in [0.25, 0.3) is 82.9 Å². The highest BCUT2D eigenvalue weighted by Gasteiger charge is 2.18. The van der Waals surface area contributed by atoms with Crippen molar-refractivity contribution in [2.24, 2.45) is 0 Å². The summed E-state index contributed by atoms with van der Waals surface area (Å²) in [6.07, 6.45) is 0. The summed E-state index contributed by atoms with van der Waals surface area (Å²) in [5.41, 5.74) is 12.6. The van der Waals surface area contributed by atoms with Gasteiger partial charge in [0.2, 0.25) is 0 Å². The summed E-state index contributed by atoms with van der Waals surface area (Å²) in [7, 11) is 0. The number of aryl methyl sites for hydroxylation is 2. The molecule has 0 saturated heterocycles. The van der Waals surface area contributed by atoms with Crippen molar-refractivity contribution in [3.8, 4) is 39.5 Å². The van der Waals surface area contributed by atoms with Gasteiger partial charge >= 0.3 is 0 Å². The maximum absolute atomic E-state index is 5.09. The zero-order valence-electron chi connectivity index (χ0n) is 26.3. The fraction of sp³-hybridized carbons (Fsp3) is 0.0455. The summed E-state index contributed by atoms with van der Waals surface area (Å²) in [5, 5.41) is 6.11. The van der Waals surface area contributed by atoms with Crippen LogP contribution < -0.4 is 0 Å². The Balaban J connectivity index is 1.20. The third kappa shape index (κ3) is 4.43. The molecule has 0 atom stereocenters. The maximum atomic E-state index is 5.09. The molecule has 222 valence electrons. The Bertz CT molecular complexity index is 2630. The van der Waals surface area contributed by atoms with E-state index in [1.165, 1.54) is 54.8 Å². The fourth-order valence-electron chi connectivity index (χ4n) is 7.19. The van der Waals surface area contributed by atoms with Gasteiger partial charge in [0.25, 0.3) is 0 Å². The molecule has 0 fully saturated rings. The van der Waals surface area contributed by atoms with Gasteiger partial charge in [-0.25, -0.2) is 9.97 Å². The maximum Gasteiger partial charge on any atom is 0.160 e. The van der Waals surface area contributed by atoms with Gasteiger partial charge in [0.05, 0.1) is 22.2 Å². The predicted octanol–water partition coefficient (Wildman–Crippen LogP) is 11.5. The van der Waals surface area contributed by atoms with Crippen molar-refractivity contribution in [2.45, 2.75) is 13.8 Å². The van der Waals surface area contributed by atoms with Crippen molar-refractivity contribution < 1.29 is 0 Å². The van der Waals surface area contributed by atoms with Crippen molar-refractivity contribution in [1.29, 1.82) is 0 Å². The highest BCUT2D eigenvalue weighted by atomic mass is 15.0. The molecule has 0 saturated carbocycles. The summed E-state index contributed by atoms with van der Waals surface area (Å²) in [6, 6.07) is 54.0. The molecule has 0 unspecified atom stereocenters. The van der Waals surface area contributed by atoms with E-state index in [-0.39, 0.29) is 0 Å². The monoisotopic (exact) mass is 601 g/mol. The number of hydrogen-bond donors (Lipinski definition) is 0. The predicted molar refractivity (Wildman–Crippen MR) is 197 cm³/mol. The fourth-order valence-corrected chi connectivity index (χ4v) is 7.19. The van der Waals surface area contributed by atoms with Gasteiger partial charge in [-0.2, -0.15) is 0 Å². The zero-order chi connectivity index (χ0) is 31.5. The standard InChI is InChI=1S/C44H31N3/c1-28-20-21-30-12-6-7-15-34(30)42(28)37-27-38-35-16-9-11-19-40(35)47(41(38)26-29(37)2)33-24-22-32(23-25-33)44-45-39-18-10-8-17-36(39)43(46-44)31-13-4-3-5-14-31/h3-27H,1-2H3. The Morgan fingerprint density at radius 2 is 1.17 bits per heavy atom. The van der Waals surface area contributed by atoms with Crippen molar-refractivity contribution in [2.75, 3.05) is 0 Å². The van der Waals surface area contributed by atoms with Gasteiger partial charge in [-0.15, -0.1) is 0 Å². The van der Waals surface area contributed by atoms with E-state index in [0.717, 1.165) is 39.2 Å². The Kier molecular flexibility index (Phi) is 6.26. The lowest BCUT2D eigenvalue weighted by atomic mass is 9.90. The first-order chi connectivity index (χ1) is 23.1. The molecule has 2 heterocycles. The second-order valence-corrected chi connectivity index (χ2v) is 12.3. The van der Waals surface area contributed by atoms with E-state index in [1.54, 1.807) is 0 Å². The van der Waals surface area contributed by atoms with E-state index in [1.807, 2.05) is 18.2 Å². The number of fused-ring (bicyclic) bond motifs is 5. The average molecular weight is 602 g/mol. The molecule has 0 amide bonds. The summed E-state index contributed by atoms with van der Waals surface area (Å²) in [5.74, 6) is 0.724. The molecule has 0 bridgehead atoms. The second-order valence-electron chi connectivity index (χ2n) is 12.3. The molecule has 47 heavy (non-hydrogen) atoms. The van der Waals surface area contributed by atoms with Crippen LogP contribution >= 0.6 is 0 Å². The Morgan fingerprint density at radius 1 is 0.468 bits per heavy atom. The first kappa shape index (κ1) is 27.3. The van der Waals surface area contributed by atoms with Crippen LogP contribution in [0.4, 0.5) is 0 Å². The molecule has 7 aromatic carbocycles. The lowest BCUT2D eigenvalue weighted by molar-refractivity contribution is 1.17. The van der Waals surface area contributed by atoms with Crippen LogP contribution in [0, 0.1) is 13.8 Å². The molecule has 3 heteroatoms. The van der Waals surface area contributed by atoms with Gasteiger partial charge in [-0.3, -0.25) is 0 Å². The van der Waals surface area contributed by atoms with Crippen LogP contribution in [-0.2, 0) is 0 Å². The molecule has 0 N–H and O–H groups in total. The number of para-hydroxylation sites is 2. The lowest BCUT2D eigenvalue weighted by Gasteiger charge is -2.15. The van der Waals surface area contributed by atoms with Crippen molar-refractivity contribution in [3.63, 3.8) is 0 Å². The van der Waals surface area contributed by atoms with Crippen molar-refractivity contribution >= 4 is 43.5 Å². The minimum atomic E-state index is 0.724. The minimum Gasteiger partial charge on any atom is -0.309 e. The summed E-state index contributed by atoms with van der Waals surface area (Å²) in [6.45, 7) is 4.46. The quantitative estimate of drug-likeness (QED) is 0.201. The molecular formula is C44H31N3. The van der Waals surface area contributed by atoms with E-state index in [0.29, 0.717) is 0 Å². The van der Waals surface area contributed by atoms with Gasteiger partial charge in [-0.1, -0.05) is 103 Å². The number of aromatic nitrogens is 3. The van der Waals surface area contributed by atoms with Gasteiger partial charge in [0.15, 0.2) is 5.82 Å². The molecule has 0 spiro atoms. The number of benzene rings is 7. The number of rotatable bonds is 4. The van der Waals surface area contributed by atoms with Gasteiger partial charge in [-0.05, 0) is 95.4 Å². The van der Waals surface area contributed by atoms with Gasteiger partial charge in [0, 0.05) is 33.0 Å². The van der Waals surface area contributed by atoms with Crippen LogP contribution in [0.15, 0.2) is 152 Å². The number of hydrogen-bond acceptors (Lipinski definition) is 2. The molecule has 9 aromatic rings. The van der Waals surface area contributed by atoms with Crippen molar-refractivity contribution in [1.82, 2.24) is 14.5 Å². The van der Waals surface area contributed by atoms with Gasteiger partial charge in [0.1, 0.15) is 0 Å². The van der Waals surface area contributed by atoms with Crippen LogP contribution in [0.3, 0.4) is 0 Å². The van der Waals surface area contributed by atoms with E-state index in [2.05, 4.69) is 152 Å². The van der Waals surface area contributed by atoms with Crippen LogP contribution in [0.2, 0.25) is 0 Å². The van der Waals surface area contributed by atoms with Gasteiger partial charge < -0.3 is 4.57 Å². The Morgan fingerprint density at radius 3 is 2.00 bits per heavy atom. The molecule has 0 aliphatic carbocycles. The Hall–Kier alpha value is -6.06. The minimum absolute atomic E-state index is 0.724. The summed E-state index contributed by atoms with van der Waals surface area (Å²) < 4.78 is 2.39. The topological polar surface area (TPSA) is 30.7 Å². The summed E-state index contributed by atoms with van der Waals surface area (Å²) in [4.78, 5) is 10.1. The third-order valence-corrected chi connectivity index (χ3v) is 9.46. The zero-order valence-corrected chi connectivity index (χ0v) is 26.3. The highest BCUT2D eigenvalue weighted by Crippen LogP contribution is 2.40. The second kappa shape index (κ2) is 10.8. The van der Waals surface area contributed by atoms with Crippen LogP contribution in [-0.4, -0.2) is 14.5 Å². The molecule has 2 aromatic heterocycles. The normalized spacial score (nSPS) is 11.6. The van der Waals surface area contributed by atoms with E-state index < -0.39 is 0 Å². The molecular weight excluding hydrogens is 571 g/mol. The average Bonchev–Trinajstić information content (AvgIpc) is 3.44. The molecule has 3 nitrogen and oxygen atoms in total.